The highest BCUT2D eigenvalue weighted by atomic mass is 32.2. The summed E-state index contributed by atoms with van der Waals surface area (Å²) in [5.74, 6) is 0.0653. The molecular formula is C23H29N5O2S2. The second-order valence-corrected chi connectivity index (χ2v) is 10.1. The number of hydrogen-bond acceptors (Lipinski definition) is 7. The molecule has 0 atom stereocenters. The second-order valence-electron chi connectivity index (χ2n) is 8.15. The molecule has 3 aromatic rings. The molecule has 4 rings (SSSR count). The van der Waals surface area contributed by atoms with Crippen LogP contribution in [0.5, 0.6) is 0 Å². The molecule has 1 saturated heterocycles. The SMILES string of the molecule is CCCn1c(SCC(=O)Nc2c(C)cccc2C)nc2nc(N3CCCCC3)sc2c1=O. The quantitative estimate of drug-likeness (QED) is 0.401. The first-order valence-electron chi connectivity index (χ1n) is 11.1. The van der Waals surface area contributed by atoms with Crippen LogP contribution in [0.2, 0.25) is 0 Å². The number of carbonyl (C=O) groups excluding carboxylic acids is 1. The number of anilines is 2. The Morgan fingerprint density at radius 2 is 1.88 bits per heavy atom. The summed E-state index contributed by atoms with van der Waals surface area (Å²) in [5, 5.41) is 4.43. The number of rotatable bonds is 7. The van der Waals surface area contributed by atoms with Gasteiger partial charge >= 0.3 is 0 Å². The van der Waals surface area contributed by atoms with Gasteiger partial charge in [-0.15, -0.1) is 0 Å². The highest BCUT2D eigenvalue weighted by Crippen LogP contribution is 2.29. The number of benzene rings is 1. The number of aromatic nitrogens is 3. The molecule has 7 nitrogen and oxygen atoms in total. The minimum atomic E-state index is -0.114. The molecule has 32 heavy (non-hydrogen) atoms. The molecule has 0 spiro atoms. The summed E-state index contributed by atoms with van der Waals surface area (Å²) < 4.78 is 2.29. The Kier molecular flexibility index (Phi) is 7.15. The molecule has 0 aliphatic carbocycles. The minimum absolute atomic E-state index is 0.0599. The monoisotopic (exact) mass is 471 g/mol. The van der Waals surface area contributed by atoms with Gasteiger partial charge in [0.1, 0.15) is 4.70 Å². The molecule has 1 N–H and O–H groups in total. The van der Waals surface area contributed by atoms with E-state index in [0.29, 0.717) is 22.0 Å². The summed E-state index contributed by atoms with van der Waals surface area (Å²) in [6.07, 6.45) is 4.36. The molecule has 1 aliphatic heterocycles. The predicted octanol–water partition coefficient (Wildman–Crippen LogP) is 4.60. The molecule has 1 aromatic carbocycles. The summed E-state index contributed by atoms with van der Waals surface area (Å²) in [4.78, 5) is 37.5. The van der Waals surface area contributed by atoms with Crippen molar-refractivity contribution in [1.29, 1.82) is 0 Å². The van der Waals surface area contributed by atoms with Gasteiger partial charge < -0.3 is 10.2 Å². The zero-order valence-corrected chi connectivity index (χ0v) is 20.4. The summed E-state index contributed by atoms with van der Waals surface area (Å²) in [6, 6.07) is 5.93. The van der Waals surface area contributed by atoms with Gasteiger partial charge in [-0.3, -0.25) is 14.2 Å². The molecule has 170 valence electrons. The number of thioether (sulfide) groups is 1. The Labute approximate surface area is 196 Å². The van der Waals surface area contributed by atoms with Gasteiger partial charge in [-0.1, -0.05) is 48.2 Å². The number of amides is 1. The number of piperidine rings is 1. The molecule has 0 saturated carbocycles. The first kappa shape index (κ1) is 22.8. The van der Waals surface area contributed by atoms with Gasteiger partial charge in [0.2, 0.25) is 5.91 Å². The summed E-state index contributed by atoms with van der Waals surface area (Å²) in [5.41, 5.74) is 3.33. The lowest BCUT2D eigenvalue weighted by atomic mass is 10.1. The number of thiazole rings is 1. The fourth-order valence-electron chi connectivity index (χ4n) is 3.95. The number of aryl methyl sites for hydroxylation is 2. The van der Waals surface area contributed by atoms with Crippen molar-refractivity contribution in [1.82, 2.24) is 14.5 Å². The van der Waals surface area contributed by atoms with Crippen molar-refractivity contribution in [3.63, 3.8) is 0 Å². The maximum atomic E-state index is 13.2. The maximum absolute atomic E-state index is 13.2. The van der Waals surface area contributed by atoms with Crippen LogP contribution in [0.25, 0.3) is 10.3 Å². The van der Waals surface area contributed by atoms with Crippen molar-refractivity contribution in [2.24, 2.45) is 0 Å². The van der Waals surface area contributed by atoms with Crippen LogP contribution in [0, 0.1) is 13.8 Å². The molecule has 1 amide bonds. The van der Waals surface area contributed by atoms with E-state index in [1.165, 1.54) is 29.5 Å². The number of nitrogens with zero attached hydrogens (tertiary/aromatic N) is 4. The van der Waals surface area contributed by atoms with Crippen molar-refractivity contribution in [2.75, 3.05) is 29.1 Å². The van der Waals surface area contributed by atoms with Crippen LogP contribution < -0.4 is 15.8 Å². The van der Waals surface area contributed by atoms with E-state index in [9.17, 15) is 9.59 Å². The van der Waals surface area contributed by atoms with Crippen LogP contribution in [0.1, 0.15) is 43.7 Å². The van der Waals surface area contributed by atoms with Gasteiger partial charge in [0, 0.05) is 25.3 Å². The zero-order valence-electron chi connectivity index (χ0n) is 18.8. The lowest BCUT2D eigenvalue weighted by Crippen LogP contribution is -2.29. The van der Waals surface area contributed by atoms with Gasteiger partial charge in [0.25, 0.3) is 5.56 Å². The molecule has 3 heterocycles. The third-order valence-corrected chi connectivity index (χ3v) is 7.69. The molecule has 1 fully saturated rings. The fourth-order valence-corrected chi connectivity index (χ4v) is 5.77. The Hall–Kier alpha value is -2.39. The number of para-hydroxylation sites is 1. The van der Waals surface area contributed by atoms with E-state index in [2.05, 4.69) is 15.2 Å². The Morgan fingerprint density at radius 1 is 1.16 bits per heavy atom. The highest BCUT2D eigenvalue weighted by molar-refractivity contribution is 7.99. The number of carbonyl (C=O) groups is 1. The van der Waals surface area contributed by atoms with E-state index in [0.717, 1.165) is 54.3 Å². The van der Waals surface area contributed by atoms with E-state index < -0.39 is 0 Å². The number of hydrogen-bond donors (Lipinski definition) is 1. The van der Waals surface area contributed by atoms with E-state index >= 15 is 0 Å². The van der Waals surface area contributed by atoms with Gasteiger partial charge in [-0.05, 0) is 50.7 Å². The van der Waals surface area contributed by atoms with Crippen LogP contribution in [0.4, 0.5) is 10.8 Å². The van der Waals surface area contributed by atoms with Crippen LogP contribution in [0.3, 0.4) is 0 Å². The fraction of sp³-hybridized carbons (Fsp3) is 0.478. The van der Waals surface area contributed by atoms with Gasteiger partial charge in [0.05, 0.1) is 5.75 Å². The van der Waals surface area contributed by atoms with E-state index in [4.69, 9.17) is 4.98 Å². The number of nitrogens with one attached hydrogen (secondary N) is 1. The van der Waals surface area contributed by atoms with Crippen molar-refractivity contribution >= 4 is 50.2 Å². The highest BCUT2D eigenvalue weighted by Gasteiger charge is 2.20. The van der Waals surface area contributed by atoms with Crippen LogP contribution in [-0.4, -0.2) is 39.3 Å². The Bertz CT molecular complexity index is 1160. The number of fused-ring (bicyclic) bond motifs is 1. The average molecular weight is 472 g/mol. The zero-order chi connectivity index (χ0) is 22.7. The lowest BCUT2D eigenvalue weighted by Gasteiger charge is -2.25. The first-order chi connectivity index (χ1) is 15.5. The van der Waals surface area contributed by atoms with Gasteiger partial charge in [-0.25, -0.2) is 4.98 Å². The summed E-state index contributed by atoms with van der Waals surface area (Å²) in [6.45, 7) is 8.51. The summed E-state index contributed by atoms with van der Waals surface area (Å²) >= 11 is 2.73. The predicted molar refractivity (Wildman–Crippen MR) is 133 cm³/mol. The smallest absolute Gasteiger partial charge is 0.273 e. The normalized spacial score (nSPS) is 14.2. The maximum Gasteiger partial charge on any atom is 0.273 e. The van der Waals surface area contributed by atoms with Gasteiger partial charge in [-0.2, -0.15) is 4.98 Å². The third-order valence-electron chi connectivity index (χ3n) is 5.62. The van der Waals surface area contributed by atoms with E-state index in [1.807, 2.05) is 39.0 Å². The molecular weight excluding hydrogens is 442 g/mol. The van der Waals surface area contributed by atoms with Crippen LogP contribution in [0.15, 0.2) is 28.2 Å². The molecule has 0 radical (unpaired) electrons. The largest absolute Gasteiger partial charge is 0.348 e. The van der Waals surface area contributed by atoms with E-state index in [1.54, 1.807) is 4.57 Å². The molecule has 1 aliphatic rings. The molecule has 0 unspecified atom stereocenters. The summed E-state index contributed by atoms with van der Waals surface area (Å²) in [7, 11) is 0. The second kappa shape index (κ2) is 10.0. The third kappa shape index (κ3) is 4.83. The standard InChI is InChI=1S/C23H29N5O2S2/c1-4-11-28-21(30)19-20(25-22(32-19)27-12-6-5-7-13-27)26-23(28)31-14-17(29)24-18-15(2)9-8-10-16(18)3/h8-10H,4-7,11-14H2,1-3H3,(H,24,29). The van der Waals surface area contributed by atoms with Crippen LogP contribution >= 0.6 is 23.1 Å². The van der Waals surface area contributed by atoms with Crippen molar-refractivity contribution in [3.8, 4) is 0 Å². The van der Waals surface area contributed by atoms with Gasteiger partial charge in [0.15, 0.2) is 15.9 Å². The molecule has 0 bridgehead atoms. The topological polar surface area (TPSA) is 80.1 Å². The average Bonchev–Trinajstić information content (AvgIpc) is 3.22. The van der Waals surface area contributed by atoms with Crippen LogP contribution in [-0.2, 0) is 11.3 Å². The lowest BCUT2D eigenvalue weighted by molar-refractivity contribution is -0.113. The Balaban J connectivity index is 1.57. The van der Waals surface area contributed by atoms with Crippen molar-refractivity contribution in [2.45, 2.75) is 58.2 Å². The minimum Gasteiger partial charge on any atom is -0.348 e. The Morgan fingerprint density at radius 3 is 2.56 bits per heavy atom. The molecule has 9 heteroatoms. The van der Waals surface area contributed by atoms with E-state index in [-0.39, 0.29) is 17.2 Å². The molecule has 2 aromatic heterocycles. The van der Waals surface area contributed by atoms with Crippen molar-refractivity contribution in [3.05, 3.63) is 39.7 Å². The first-order valence-corrected chi connectivity index (χ1v) is 12.9. The van der Waals surface area contributed by atoms with Crippen molar-refractivity contribution < 1.29 is 4.79 Å².